The van der Waals surface area contributed by atoms with E-state index in [-0.39, 0.29) is 75.6 Å². The molecule has 0 aliphatic heterocycles. The molecule has 0 radical (unpaired) electrons. The summed E-state index contributed by atoms with van der Waals surface area (Å²) in [7, 11) is 0. The molecule has 11 nitrogen and oxygen atoms in total. The molecule has 3 N–H and O–H groups in total. The van der Waals surface area contributed by atoms with Crippen LogP contribution in [0.25, 0.3) is 0 Å². The summed E-state index contributed by atoms with van der Waals surface area (Å²) in [4.78, 5) is 53.3. The molecule has 0 spiro atoms. The average molecular weight is 959 g/mol. The number of hydrogen-bond acceptors (Lipinski definition) is 11. The van der Waals surface area contributed by atoms with Crippen molar-refractivity contribution in [1.82, 2.24) is 0 Å². The molecule has 3 aromatic carbocycles. The van der Waals surface area contributed by atoms with E-state index in [1.807, 2.05) is 161 Å². The fraction of sp³-hybridized carbons (Fsp3) is 0.621. The van der Waals surface area contributed by atoms with Crippen LogP contribution in [0.2, 0.25) is 0 Å². The third-order valence-electron chi connectivity index (χ3n) is 12.4. The standard InChI is InChI=1S/C58H86O11/c1-36(59)66-32-58(33-67-46(60)23-20-37-26-40(52(2,3)4)49(63)41(27-37)53(5,6)7,34-68-47(61)24-21-38-28-42(54(8,9)10)50(64)43(29-38)55(11,12)13)35-69-48(62)25-22-39-30-44(56(14,15)16)51(65)45(31-39)57(17,18)19/h26-31,63-65H,20-25,32-35H2,1-19H3. The topological polar surface area (TPSA) is 166 Å². The number of phenolic OH excluding ortho intramolecular Hbond substituents is 3. The number of benzene rings is 3. The molecule has 0 atom stereocenters. The van der Waals surface area contributed by atoms with Crippen molar-refractivity contribution in [2.24, 2.45) is 5.41 Å². The van der Waals surface area contributed by atoms with Crippen LogP contribution >= 0.6 is 0 Å². The lowest BCUT2D eigenvalue weighted by Gasteiger charge is -2.31. The van der Waals surface area contributed by atoms with Crippen molar-refractivity contribution in [2.75, 3.05) is 26.4 Å². The molecule has 3 rings (SSSR count). The molecule has 0 bridgehead atoms. The maximum Gasteiger partial charge on any atom is 0.306 e. The van der Waals surface area contributed by atoms with Crippen LogP contribution in [0.15, 0.2) is 36.4 Å². The van der Waals surface area contributed by atoms with Gasteiger partial charge in [-0.05, 0) is 102 Å². The summed E-state index contributed by atoms with van der Waals surface area (Å²) in [6.45, 7) is 36.0. The summed E-state index contributed by atoms with van der Waals surface area (Å²) in [5.41, 5.74) is 3.51. The lowest BCUT2D eigenvalue weighted by Crippen LogP contribution is -2.44. The van der Waals surface area contributed by atoms with Gasteiger partial charge >= 0.3 is 23.9 Å². The minimum absolute atomic E-state index is 0.0271. The van der Waals surface area contributed by atoms with E-state index >= 15 is 0 Å². The quantitative estimate of drug-likeness (QED) is 0.0870. The second-order valence-corrected chi connectivity index (χ2v) is 25.4. The van der Waals surface area contributed by atoms with Crippen LogP contribution in [0.4, 0.5) is 0 Å². The van der Waals surface area contributed by atoms with E-state index in [2.05, 4.69) is 0 Å². The summed E-state index contributed by atoms with van der Waals surface area (Å²) < 4.78 is 23.2. The first kappa shape index (κ1) is 58.3. The molecule has 0 saturated heterocycles. The number of rotatable bonds is 17. The summed E-state index contributed by atoms with van der Waals surface area (Å²) in [6, 6.07) is 11.5. The molecular weight excluding hydrogens is 873 g/mol. The van der Waals surface area contributed by atoms with Crippen LogP contribution in [0.5, 0.6) is 17.2 Å². The molecule has 0 amide bonds. The van der Waals surface area contributed by atoms with Crippen LogP contribution in [-0.2, 0) is 89.9 Å². The highest BCUT2D eigenvalue weighted by Crippen LogP contribution is 2.43. The SMILES string of the molecule is CC(=O)OCC(COC(=O)CCc1cc(C(C)(C)C)c(O)c(C(C)(C)C)c1)(COC(=O)CCc1cc(C(C)(C)C)c(O)c(C(C)(C)C)c1)COC(=O)CCc1cc(C(C)(C)C)c(O)c(C(C)(C)C)c1. The molecule has 0 aliphatic rings. The highest BCUT2D eigenvalue weighted by atomic mass is 16.6. The minimum atomic E-state index is -1.47. The fourth-order valence-electron chi connectivity index (χ4n) is 8.11. The van der Waals surface area contributed by atoms with Gasteiger partial charge in [0.2, 0.25) is 0 Å². The first-order valence-corrected chi connectivity index (χ1v) is 24.5. The van der Waals surface area contributed by atoms with Crippen molar-refractivity contribution in [3.63, 3.8) is 0 Å². The largest absolute Gasteiger partial charge is 0.507 e. The number of phenols is 3. The zero-order chi connectivity index (χ0) is 52.9. The van der Waals surface area contributed by atoms with Crippen molar-refractivity contribution in [3.8, 4) is 17.2 Å². The Kier molecular flexibility index (Phi) is 18.5. The molecule has 3 aromatic rings. The number of aromatic hydroxyl groups is 3. The van der Waals surface area contributed by atoms with E-state index in [0.29, 0.717) is 19.3 Å². The molecule has 0 saturated carbocycles. The first-order valence-electron chi connectivity index (χ1n) is 24.5. The molecule has 69 heavy (non-hydrogen) atoms. The molecular formula is C58H86O11. The monoisotopic (exact) mass is 959 g/mol. The van der Waals surface area contributed by atoms with Crippen molar-refractivity contribution >= 4 is 23.9 Å². The van der Waals surface area contributed by atoms with Gasteiger partial charge in [0.1, 0.15) is 49.1 Å². The van der Waals surface area contributed by atoms with E-state index in [9.17, 15) is 34.5 Å². The fourth-order valence-corrected chi connectivity index (χ4v) is 8.11. The zero-order valence-electron chi connectivity index (χ0n) is 45.6. The average Bonchev–Trinajstić information content (AvgIpc) is 3.19. The number of ether oxygens (including phenoxy) is 4. The second kappa shape index (κ2) is 21.9. The van der Waals surface area contributed by atoms with E-state index in [1.165, 1.54) is 6.92 Å². The van der Waals surface area contributed by atoms with Gasteiger partial charge in [0.05, 0.1) is 0 Å². The molecule has 0 aliphatic carbocycles. The van der Waals surface area contributed by atoms with E-state index in [0.717, 1.165) is 50.1 Å². The Balaban J connectivity index is 1.94. The van der Waals surface area contributed by atoms with E-state index in [4.69, 9.17) is 18.9 Å². The number of carbonyl (C=O) groups is 4. The van der Waals surface area contributed by atoms with Gasteiger partial charge in [0.25, 0.3) is 0 Å². The lowest BCUT2D eigenvalue weighted by atomic mass is 9.78. The van der Waals surface area contributed by atoms with Crippen LogP contribution < -0.4 is 0 Å². The van der Waals surface area contributed by atoms with E-state index in [1.54, 1.807) is 0 Å². The van der Waals surface area contributed by atoms with Crippen molar-refractivity contribution in [1.29, 1.82) is 0 Å². The molecule has 0 heterocycles. The maximum absolute atomic E-state index is 13.6. The van der Waals surface area contributed by atoms with Crippen LogP contribution in [0.1, 0.15) is 201 Å². The van der Waals surface area contributed by atoms with Gasteiger partial charge in [-0.15, -0.1) is 0 Å². The summed E-state index contributed by atoms with van der Waals surface area (Å²) >= 11 is 0. The van der Waals surface area contributed by atoms with Gasteiger partial charge in [-0.1, -0.05) is 161 Å². The smallest absolute Gasteiger partial charge is 0.306 e. The van der Waals surface area contributed by atoms with Crippen LogP contribution in [-0.4, -0.2) is 65.6 Å². The Bertz CT molecular complexity index is 1960. The summed E-state index contributed by atoms with van der Waals surface area (Å²) in [5.74, 6) is -1.64. The molecule has 11 heteroatoms. The number of hydrogen-bond donors (Lipinski definition) is 3. The summed E-state index contributed by atoms with van der Waals surface area (Å²) in [5, 5.41) is 33.8. The van der Waals surface area contributed by atoms with Crippen molar-refractivity contribution in [3.05, 3.63) is 86.5 Å². The van der Waals surface area contributed by atoms with Crippen LogP contribution in [0.3, 0.4) is 0 Å². The van der Waals surface area contributed by atoms with Gasteiger partial charge in [-0.3, -0.25) is 19.2 Å². The molecule has 0 fully saturated rings. The summed E-state index contributed by atoms with van der Waals surface area (Å²) in [6.07, 6.45) is 0.842. The molecule has 384 valence electrons. The Labute approximate surface area is 414 Å². The Morgan fingerprint density at radius 2 is 0.551 bits per heavy atom. The molecule has 0 aromatic heterocycles. The Hall–Kier alpha value is -5.06. The van der Waals surface area contributed by atoms with Gasteiger partial charge in [0, 0.05) is 26.2 Å². The third-order valence-corrected chi connectivity index (χ3v) is 12.4. The van der Waals surface area contributed by atoms with Gasteiger partial charge in [-0.25, -0.2) is 0 Å². The van der Waals surface area contributed by atoms with Crippen molar-refractivity contribution in [2.45, 2.75) is 203 Å². The number of esters is 4. The lowest BCUT2D eigenvalue weighted by molar-refractivity contribution is -0.170. The predicted octanol–water partition coefficient (Wildman–Crippen LogP) is 12.0. The normalized spacial score (nSPS) is 13.0. The van der Waals surface area contributed by atoms with E-state index < -0.39 is 49.1 Å². The van der Waals surface area contributed by atoms with Crippen LogP contribution in [0, 0.1) is 5.41 Å². The number of carbonyl (C=O) groups excluding carboxylic acids is 4. The number of aryl methyl sites for hydroxylation is 3. The third kappa shape index (κ3) is 16.8. The van der Waals surface area contributed by atoms with Crippen molar-refractivity contribution < 1.29 is 53.4 Å². The molecule has 0 unspecified atom stereocenters. The van der Waals surface area contributed by atoms with Gasteiger partial charge in [-0.2, -0.15) is 0 Å². The second-order valence-electron chi connectivity index (χ2n) is 25.4. The highest BCUT2D eigenvalue weighted by Gasteiger charge is 2.38. The predicted molar refractivity (Wildman–Crippen MR) is 273 cm³/mol. The van der Waals surface area contributed by atoms with Gasteiger partial charge in [0.15, 0.2) is 0 Å². The highest BCUT2D eigenvalue weighted by molar-refractivity contribution is 5.71. The zero-order valence-corrected chi connectivity index (χ0v) is 45.6. The minimum Gasteiger partial charge on any atom is -0.507 e. The Morgan fingerprint density at radius 3 is 0.725 bits per heavy atom. The first-order chi connectivity index (χ1) is 31.2. The van der Waals surface area contributed by atoms with Gasteiger partial charge < -0.3 is 34.3 Å². The maximum atomic E-state index is 13.6. The Morgan fingerprint density at radius 1 is 0.362 bits per heavy atom.